The second-order valence-corrected chi connectivity index (χ2v) is 15.9. The van der Waals surface area contributed by atoms with Crippen LogP contribution in [0.4, 0.5) is 22.7 Å². The zero-order valence-corrected chi connectivity index (χ0v) is 34.8. The summed E-state index contributed by atoms with van der Waals surface area (Å²) in [7, 11) is 0. The van der Waals surface area contributed by atoms with Crippen LogP contribution in [0.15, 0.2) is 254 Å². The lowest BCUT2D eigenvalue weighted by atomic mass is 9.89. The molecule has 62 heavy (non-hydrogen) atoms. The first kappa shape index (κ1) is 38.5. The number of benzene rings is 8. The van der Waals surface area contributed by atoms with E-state index in [1.165, 1.54) is 72.7 Å². The van der Waals surface area contributed by atoms with Gasteiger partial charge in [0, 0.05) is 28.4 Å². The molecule has 1 atom stereocenters. The van der Waals surface area contributed by atoms with Gasteiger partial charge >= 0.3 is 0 Å². The van der Waals surface area contributed by atoms with E-state index in [-0.39, 0.29) is 6.04 Å². The SMILES string of the molecule is C1=CCC(N(c2ccc(-c3ccccc3)cc2)c2ccc(-c3ccccc3-c3ccccc3-c3ccc(N(C4=CCCC=C4)c4ccc(-c5ccccc5)cc4)cc3)cc2)C=C1. The Hall–Kier alpha value is -7.68. The predicted octanol–water partition coefficient (Wildman–Crippen LogP) is 16.4. The average molecular weight is 797 g/mol. The molecule has 2 nitrogen and oxygen atoms in total. The molecule has 0 radical (unpaired) electrons. The van der Waals surface area contributed by atoms with Crippen molar-refractivity contribution in [3.63, 3.8) is 0 Å². The summed E-state index contributed by atoms with van der Waals surface area (Å²) in [6.07, 6.45) is 18.8. The van der Waals surface area contributed by atoms with Crippen LogP contribution in [0, 0.1) is 0 Å². The fraction of sp³-hybridized carbons (Fsp3) is 0.0667. The standard InChI is InChI=1S/C60H48N2/c1-5-17-45(18-6-1)47-29-37-53(38-30-47)61(51-21-9-3-10-22-51)55-41-33-49(34-42-55)57-25-13-15-27-59(57)60-28-16-14-26-58(60)50-35-43-56(44-36-50)62(52-23-11-4-12-24-52)54-39-31-48(32-40-54)46-19-7-2-8-20-46/h1-3,5-11,13-21,23-44,51H,4,12,22H2. The summed E-state index contributed by atoms with van der Waals surface area (Å²) in [5.41, 5.74) is 17.9. The Morgan fingerprint density at radius 3 is 1.19 bits per heavy atom. The van der Waals surface area contributed by atoms with Crippen LogP contribution in [0.2, 0.25) is 0 Å². The third-order valence-electron chi connectivity index (χ3n) is 12.0. The summed E-state index contributed by atoms with van der Waals surface area (Å²) in [5.74, 6) is 0. The van der Waals surface area contributed by atoms with Gasteiger partial charge in [0.05, 0.1) is 6.04 Å². The Kier molecular flexibility index (Phi) is 11.1. The summed E-state index contributed by atoms with van der Waals surface area (Å²) in [6.45, 7) is 0. The van der Waals surface area contributed by atoms with Crippen LogP contribution in [0.5, 0.6) is 0 Å². The smallest absolute Gasteiger partial charge is 0.0559 e. The minimum Gasteiger partial charge on any atom is -0.334 e. The van der Waals surface area contributed by atoms with Crippen molar-refractivity contribution in [3.8, 4) is 55.6 Å². The Morgan fingerprint density at radius 1 is 0.339 bits per heavy atom. The molecule has 8 aromatic carbocycles. The normalized spacial score (nSPS) is 14.3. The zero-order chi connectivity index (χ0) is 41.5. The van der Waals surface area contributed by atoms with Crippen molar-refractivity contribution in [1.82, 2.24) is 0 Å². The number of hydrogen-bond acceptors (Lipinski definition) is 2. The third kappa shape index (κ3) is 8.11. The first-order valence-electron chi connectivity index (χ1n) is 21.8. The van der Waals surface area contributed by atoms with Crippen molar-refractivity contribution >= 4 is 22.7 Å². The van der Waals surface area contributed by atoms with Crippen LogP contribution < -0.4 is 9.80 Å². The monoisotopic (exact) mass is 796 g/mol. The first-order chi connectivity index (χ1) is 30.8. The van der Waals surface area contributed by atoms with E-state index in [4.69, 9.17) is 0 Å². The van der Waals surface area contributed by atoms with E-state index in [1.807, 2.05) is 0 Å². The highest BCUT2D eigenvalue weighted by Crippen LogP contribution is 2.41. The lowest BCUT2D eigenvalue weighted by molar-refractivity contribution is 0.785. The molecule has 0 amide bonds. The van der Waals surface area contributed by atoms with Crippen molar-refractivity contribution in [2.24, 2.45) is 0 Å². The molecule has 0 spiro atoms. The van der Waals surface area contributed by atoms with Gasteiger partial charge in [0.2, 0.25) is 0 Å². The van der Waals surface area contributed by atoms with Crippen LogP contribution in [0.3, 0.4) is 0 Å². The molecule has 0 bridgehead atoms. The minimum atomic E-state index is 0.224. The lowest BCUT2D eigenvalue weighted by Gasteiger charge is -2.33. The average Bonchev–Trinajstić information content (AvgIpc) is 3.36. The maximum atomic E-state index is 2.46. The number of anilines is 4. The maximum Gasteiger partial charge on any atom is 0.0559 e. The van der Waals surface area contributed by atoms with E-state index in [2.05, 4.69) is 259 Å². The van der Waals surface area contributed by atoms with Gasteiger partial charge in [0.25, 0.3) is 0 Å². The summed E-state index contributed by atoms with van der Waals surface area (Å²) >= 11 is 0. The molecule has 8 aromatic rings. The van der Waals surface area contributed by atoms with E-state index >= 15 is 0 Å². The van der Waals surface area contributed by atoms with Gasteiger partial charge in [-0.15, -0.1) is 0 Å². The van der Waals surface area contributed by atoms with Crippen LogP contribution in [-0.2, 0) is 0 Å². The van der Waals surface area contributed by atoms with Crippen LogP contribution >= 0.6 is 0 Å². The fourth-order valence-corrected chi connectivity index (χ4v) is 8.91. The molecular weight excluding hydrogens is 749 g/mol. The maximum absolute atomic E-state index is 2.46. The van der Waals surface area contributed by atoms with Crippen molar-refractivity contribution in [1.29, 1.82) is 0 Å². The van der Waals surface area contributed by atoms with Gasteiger partial charge in [-0.2, -0.15) is 0 Å². The predicted molar refractivity (Wildman–Crippen MR) is 264 cm³/mol. The molecule has 0 N–H and O–H groups in total. The van der Waals surface area contributed by atoms with E-state index in [1.54, 1.807) is 0 Å². The number of rotatable bonds is 11. The van der Waals surface area contributed by atoms with Gasteiger partial charge in [-0.3, -0.25) is 0 Å². The first-order valence-corrected chi connectivity index (χ1v) is 21.8. The molecule has 2 aliphatic rings. The third-order valence-corrected chi connectivity index (χ3v) is 12.0. The van der Waals surface area contributed by atoms with E-state index in [0.29, 0.717) is 0 Å². The van der Waals surface area contributed by atoms with Gasteiger partial charge in [-0.1, -0.05) is 194 Å². The van der Waals surface area contributed by atoms with E-state index in [0.717, 1.165) is 30.6 Å². The minimum absolute atomic E-state index is 0.224. The summed E-state index contributed by atoms with van der Waals surface area (Å²) < 4.78 is 0. The fourth-order valence-electron chi connectivity index (χ4n) is 8.91. The van der Waals surface area contributed by atoms with E-state index < -0.39 is 0 Å². The van der Waals surface area contributed by atoms with Crippen molar-refractivity contribution in [3.05, 3.63) is 254 Å². The number of hydrogen-bond donors (Lipinski definition) is 0. The highest BCUT2D eigenvalue weighted by Gasteiger charge is 2.21. The zero-order valence-electron chi connectivity index (χ0n) is 34.8. The summed E-state index contributed by atoms with van der Waals surface area (Å²) in [5, 5.41) is 0. The van der Waals surface area contributed by atoms with Crippen LogP contribution in [-0.4, -0.2) is 6.04 Å². The van der Waals surface area contributed by atoms with Gasteiger partial charge in [-0.25, -0.2) is 0 Å². The van der Waals surface area contributed by atoms with Crippen LogP contribution in [0.25, 0.3) is 55.6 Å². The molecule has 2 aliphatic carbocycles. The number of allylic oxidation sites excluding steroid dienone is 5. The second kappa shape index (κ2) is 17.9. The summed E-state index contributed by atoms with van der Waals surface area (Å²) in [6, 6.07) is 75.2. The van der Waals surface area contributed by atoms with Crippen molar-refractivity contribution < 1.29 is 0 Å². The molecule has 2 heteroatoms. The Labute approximate surface area is 366 Å². The highest BCUT2D eigenvalue weighted by molar-refractivity contribution is 5.92. The summed E-state index contributed by atoms with van der Waals surface area (Å²) in [4.78, 5) is 4.84. The highest BCUT2D eigenvalue weighted by atomic mass is 15.2. The van der Waals surface area contributed by atoms with Gasteiger partial charge in [0.15, 0.2) is 0 Å². The molecule has 0 aromatic heterocycles. The lowest BCUT2D eigenvalue weighted by Crippen LogP contribution is -2.29. The quantitative estimate of drug-likeness (QED) is 0.129. The van der Waals surface area contributed by atoms with Gasteiger partial charge in [-0.05, 0) is 130 Å². The largest absolute Gasteiger partial charge is 0.334 e. The van der Waals surface area contributed by atoms with Crippen LogP contribution in [0.1, 0.15) is 19.3 Å². The Morgan fingerprint density at radius 2 is 0.758 bits per heavy atom. The molecule has 0 fully saturated rings. The molecule has 298 valence electrons. The second-order valence-electron chi connectivity index (χ2n) is 15.9. The number of nitrogens with zero attached hydrogens (tertiary/aromatic N) is 2. The van der Waals surface area contributed by atoms with Gasteiger partial charge in [0.1, 0.15) is 0 Å². The Balaban J connectivity index is 0.953. The van der Waals surface area contributed by atoms with Crippen molar-refractivity contribution in [2.45, 2.75) is 25.3 Å². The molecule has 0 saturated heterocycles. The van der Waals surface area contributed by atoms with Crippen molar-refractivity contribution in [2.75, 3.05) is 9.80 Å². The molecular formula is C60H48N2. The molecule has 0 heterocycles. The molecule has 10 rings (SSSR count). The van der Waals surface area contributed by atoms with E-state index in [9.17, 15) is 0 Å². The molecule has 1 unspecified atom stereocenters. The molecule has 0 aliphatic heterocycles. The van der Waals surface area contributed by atoms with Gasteiger partial charge < -0.3 is 9.80 Å². The Bertz CT molecular complexity index is 2880. The molecule has 0 saturated carbocycles. The topological polar surface area (TPSA) is 6.48 Å².